The molecule has 1 aromatic rings. The molecular formula is C14H24ClN3. The third kappa shape index (κ3) is 2.89. The lowest BCUT2D eigenvalue weighted by Crippen LogP contribution is -2.26. The van der Waals surface area contributed by atoms with Gasteiger partial charge in [0.1, 0.15) is 0 Å². The van der Waals surface area contributed by atoms with Crippen molar-refractivity contribution in [3.63, 3.8) is 0 Å². The van der Waals surface area contributed by atoms with Gasteiger partial charge in [0.25, 0.3) is 0 Å². The number of rotatable bonds is 7. The van der Waals surface area contributed by atoms with Gasteiger partial charge in [-0.15, -0.1) is 0 Å². The van der Waals surface area contributed by atoms with Crippen LogP contribution in [0.1, 0.15) is 44.5 Å². The summed E-state index contributed by atoms with van der Waals surface area (Å²) >= 11 is 6.42. The van der Waals surface area contributed by atoms with E-state index in [1.165, 1.54) is 25.0 Å². The largest absolute Gasteiger partial charge is 0.316 e. The first-order chi connectivity index (χ1) is 8.62. The Labute approximate surface area is 115 Å². The fraction of sp³-hybridized carbons (Fsp3) is 0.786. The highest BCUT2D eigenvalue weighted by atomic mass is 35.5. The van der Waals surface area contributed by atoms with Crippen LogP contribution >= 0.6 is 11.6 Å². The second kappa shape index (κ2) is 5.62. The Hall–Kier alpha value is -0.540. The van der Waals surface area contributed by atoms with Gasteiger partial charge < -0.3 is 5.32 Å². The SMILES string of the molecule is CCCNCC1(Cc2c(Cl)c(CC)nn2C)CC1. The predicted octanol–water partition coefficient (Wildman–Crippen LogP) is 2.96. The second-order valence-electron chi connectivity index (χ2n) is 5.54. The third-order valence-corrected chi connectivity index (χ3v) is 4.37. The summed E-state index contributed by atoms with van der Waals surface area (Å²) in [5.41, 5.74) is 2.69. The molecule has 1 fully saturated rings. The molecular weight excluding hydrogens is 246 g/mol. The summed E-state index contributed by atoms with van der Waals surface area (Å²) in [7, 11) is 2.01. The third-order valence-electron chi connectivity index (χ3n) is 3.93. The van der Waals surface area contributed by atoms with Crippen LogP contribution in [0.4, 0.5) is 0 Å². The van der Waals surface area contributed by atoms with Crippen LogP contribution < -0.4 is 5.32 Å². The van der Waals surface area contributed by atoms with Gasteiger partial charge >= 0.3 is 0 Å². The fourth-order valence-corrected chi connectivity index (χ4v) is 2.85. The lowest BCUT2D eigenvalue weighted by molar-refractivity contribution is 0.442. The van der Waals surface area contributed by atoms with E-state index in [0.29, 0.717) is 5.41 Å². The summed E-state index contributed by atoms with van der Waals surface area (Å²) < 4.78 is 1.97. The van der Waals surface area contributed by atoms with Gasteiger partial charge in [0.2, 0.25) is 0 Å². The first-order valence-corrected chi connectivity index (χ1v) is 7.40. The summed E-state index contributed by atoms with van der Waals surface area (Å²) in [6, 6.07) is 0. The molecule has 1 aliphatic rings. The minimum Gasteiger partial charge on any atom is -0.316 e. The molecule has 2 rings (SSSR count). The molecule has 0 atom stereocenters. The van der Waals surface area contributed by atoms with Crippen LogP contribution in [0.3, 0.4) is 0 Å². The van der Waals surface area contributed by atoms with Crippen LogP contribution in [0.2, 0.25) is 5.02 Å². The molecule has 0 radical (unpaired) electrons. The Morgan fingerprint density at radius 1 is 1.39 bits per heavy atom. The molecule has 0 amide bonds. The van der Waals surface area contributed by atoms with Gasteiger partial charge in [0.15, 0.2) is 0 Å². The zero-order valence-corrected chi connectivity index (χ0v) is 12.5. The summed E-state index contributed by atoms with van der Waals surface area (Å²) in [5.74, 6) is 0. The zero-order valence-electron chi connectivity index (χ0n) is 11.7. The Morgan fingerprint density at radius 2 is 2.11 bits per heavy atom. The Balaban J connectivity index is 2.03. The summed E-state index contributed by atoms with van der Waals surface area (Å²) in [6.45, 7) is 6.54. The fourth-order valence-electron chi connectivity index (χ4n) is 2.49. The molecule has 0 unspecified atom stereocenters. The average molecular weight is 270 g/mol. The van der Waals surface area contributed by atoms with E-state index >= 15 is 0 Å². The molecule has 0 spiro atoms. The molecule has 1 saturated carbocycles. The highest BCUT2D eigenvalue weighted by molar-refractivity contribution is 6.31. The van der Waals surface area contributed by atoms with Gasteiger partial charge in [-0.05, 0) is 44.1 Å². The maximum Gasteiger partial charge on any atom is 0.0849 e. The number of aryl methyl sites for hydroxylation is 2. The molecule has 0 bridgehead atoms. The standard InChI is InChI=1S/C14H24ClN3/c1-4-8-16-10-14(6-7-14)9-12-13(15)11(5-2)17-18(12)3/h16H,4-10H2,1-3H3. The minimum absolute atomic E-state index is 0.442. The summed E-state index contributed by atoms with van der Waals surface area (Å²) in [5, 5.41) is 8.94. The molecule has 102 valence electrons. The van der Waals surface area contributed by atoms with E-state index in [-0.39, 0.29) is 0 Å². The molecule has 0 aliphatic heterocycles. The van der Waals surface area contributed by atoms with Gasteiger partial charge in [-0.25, -0.2) is 0 Å². The van der Waals surface area contributed by atoms with Crippen molar-refractivity contribution >= 4 is 11.6 Å². The highest BCUT2D eigenvalue weighted by Crippen LogP contribution is 2.48. The van der Waals surface area contributed by atoms with Crippen molar-refractivity contribution in [2.75, 3.05) is 13.1 Å². The van der Waals surface area contributed by atoms with E-state index in [2.05, 4.69) is 24.3 Å². The van der Waals surface area contributed by atoms with Crippen LogP contribution in [0.5, 0.6) is 0 Å². The molecule has 18 heavy (non-hydrogen) atoms. The Bertz CT molecular complexity index is 407. The number of hydrogen-bond donors (Lipinski definition) is 1. The zero-order chi connectivity index (χ0) is 13.2. The van der Waals surface area contributed by atoms with E-state index in [9.17, 15) is 0 Å². The van der Waals surface area contributed by atoms with Crippen molar-refractivity contribution in [3.8, 4) is 0 Å². The van der Waals surface area contributed by atoms with Crippen molar-refractivity contribution in [2.24, 2.45) is 12.5 Å². The lowest BCUT2D eigenvalue weighted by Gasteiger charge is -2.16. The van der Waals surface area contributed by atoms with Crippen molar-refractivity contribution in [2.45, 2.75) is 46.0 Å². The van der Waals surface area contributed by atoms with E-state index in [1.807, 2.05) is 11.7 Å². The van der Waals surface area contributed by atoms with E-state index in [4.69, 9.17) is 11.6 Å². The number of hydrogen-bond acceptors (Lipinski definition) is 2. The van der Waals surface area contributed by atoms with Crippen LogP contribution in [0.15, 0.2) is 0 Å². The van der Waals surface area contributed by atoms with Gasteiger partial charge in [-0.3, -0.25) is 4.68 Å². The quantitative estimate of drug-likeness (QED) is 0.772. The average Bonchev–Trinajstić information content (AvgIpc) is 3.07. The van der Waals surface area contributed by atoms with Crippen molar-refractivity contribution in [3.05, 3.63) is 16.4 Å². The van der Waals surface area contributed by atoms with Gasteiger partial charge in [-0.2, -0.15) is 5.10 Å². The molecule has 0 saturated heterocycles. The van der Waals surface area contributed by atoms with Crippen molar-refractivity contribution in [1.29, 1.82) is 0 Å². The minimum atomic E-state index is 0.442. The molecule has 4 heteroatoms. The topological polar surface area (TPSA) is 29.9 Å². The summed E-state index contributed by atoms with van der Waals surface area (Å²) in [6.07, 6.45) is 5.79. The maximum atomic E-state index is 6.42. The molecule has 3 nitrogen and oxygen atoms in total. The maximum absolute atomic E-state index is 6.42. The van der Waals surface area contributed by atoms with Crippen molar-refractivity contribution in [1.82, 2.24) is 15.1 Å². The molecule has 1 aliphatic carbocycles. The number of nitrogens with zero attached hydrogens (tertiary/aromatic N) is 2. The number of aromatic nitrogens is 2. The number of halogens is 1. The first kappa shape index (κ1) is 13.9. The second-order valence-corrected chi connectivity index (χ2v) is 5.92. The van der Waals surface area contributed by atoms with Gasteiger partial charge in [-0.1, -0.05) is 25.4 Å². The number of nitrogens with one attached hydrogen (secondary N) is 1. The van der Waals surface area contributed by atoms with E-state index in [0.717, 1.165) is 36.6 Å². The predicted molar refractivity (Wildman–Crippen MR) is 76.1 cm³/mol. The van der Waals surface area contributed by atoms with Gasteiger partial charge in [0, 0.05) is 13.6 Å². The van der Waals surface area contributed by atoms with Crippen molar-refractivity contribution < 1.29 is 0 Å². The Kier molecular flexibility index (Phi) is 4.33. The summed E-state index contributed by atoms with van der Waals surface area (Å²) in [4.78, 5) is 0. The van der Waals surface area contributed by atoms with E-state index in [1.54, 1.807) is 0 Å². The normalized spacial score (nSPS) is 17.1. The van der Waals surface area contributed by atoms with Gasteiger partial charge in [0.05, 0.1) is 16.4 Å². The van der Waals surface area contributed by atoms with Crippen LogP contribution in [0.25, 0.3) is 0 Å². The molecule has 1 N–H and O–H groups in total. The monoisotopic (exact) mass is 269 g/mol. The first-order valence-electron chi connectivity index (χ1n) is 7.03. The van der Waals surface area contributed by atoms with Crippen LogP contribution in [0, 0.1) is 5.41 Å². The molecule has 0 aromatic carbocycles. The smallest absolute Gasteiger partial charge is 0.0849 e. The molecule has 1 aromatic heterocycles. The van der Waals surface area contributed by atoms with Crippen LogP contribution in [-0.2, 0) is 19.9 Å². The Morgan fingerprint density at radius 3 is 2.61 bits per heavy atom. The van der Waals surface area contributed by atoms with Crippen LogP contribution in [-0.4, -0.2) is 22.9 Å². The highest BCUT2D eigenvalue weighted by Gasteiger charge is 2.43. The van der Waals surface area contributed by atoms with E-state index < -0.39 is 0 Å². The molecule has 1 heterocycles. The lowest BCUT2D eigenvalue weighted by atomic mass is 9.99.